The summed E-state index contributed by atoms with van der Waals surface area (Å²) in [5.41, 5.74) is 1.27. The van der Waals surface area contributed by atoms with Gasteiger partial charge >= 0.3 is 5.97 Å². The Bertz CT molecular complexity index is 624. The second-order valence-corrected chi connectivity index (χ2v) is 8.09. The molecule has 2 amide bonds. The lowest BCUT2D eigenvalue weighted by Gasteiger charge is -2.27. The Morgan fingerprint density at radius 3 is 2.24 bits per heavy atom. The maximum atomic E-state index is 12.3. The lowest BCUT2D eigenvalue weighted by molar-refractivity contribution is -0.137. The van der Waals surface area contributed by atoms with Crippen LogP contribution in [0.15, 0.2) is 30.3 Å². The number of unbranched alkanes of at least 4 members (excludes halogenated alkanes) is 2. The zero-order chi connectivity index (χ0) is 21.5. The lowest BCUT2D eigenvalue weighted by Crippen LogP contribution is -2.41. The molecule has 0 aliphatic heterocycles. The molecule has 0 fully saturated rings. The zero-order valence-corrected chi connectivity index (χ0v) is 18.5. The number of amides is 2. The van der Waals surface area contributed by atoms with Crippen molar-refractivity contribution in [3.05, 3.63) is 35.9 Å². The molecule has 0 saturated heterocycles. The number of carboxylic acid groups (broad SMARTS) is 1. The third-order valence-electron chi connectivity index (χ3n) is 4.68. The highest BCUT2D eigenvalue weighted by Crippen LogP contribution is 2.12. The predicted octanol–water partition coefficient (Wildman–Crippen LogP) is 3.65. The molecule has 0 radical (unpaired) electrons. The molecule has 0 aromatic heterocycles. The van der Waals surface area contributed by atoms with E-state index in [0.29, 0.717) is 39.0 Å². The van der Waals surface area contributed by atoms with Gasteiger partial charge in [-0.1, -0.05) is 43.7 Å². The van der Waals surface area contributed by atoms with Crippen molar-refractivity contribution in [1.29, 1.82) is 0 Å². The second kappa shape index (κ2) is 14.9. The minimum Gasteiger partial charge on any atom is -0.481 e. The smallest absolute Gasteiger partial charge is 0.303 e. The first-order valence-electron chi connectivity index (χ1n) is 10.3. The fourth-order valence-corrected chi connectivity index (χ4v) is 3.87. The highest BCUT2D eigenvalue weighted by Gasteiger charge is 2.15. The molecule has 0 heterocycles. The van der Waals surface area contributed by atoms with Crippen LogP contribution in [0.25, 0.3) is 0 Å². The van der Waals surface area contributed by atoms with E-state index in [1.807, 2.05) is 30.0 Å². The second-order valence-electron chi connectivity index (χ2n) is 6.98. The first-order chi connectivity index (χ1) is 13.9. The highest BCUT2D eigenvalue weighted by atomic mass is 32.2. The van der Waals surface area contributed by atoms with E-state index in [1.165, 1.54) is 5.56 Å². The molecular formula is C22H34N2O4S. The van der Waals surface area contributed by atoms with E-state index in [-0.39, 0.29) is 18.2 Å². The number of hydrogen-bond acceptors (Lipinski definition) is 4. The summed E-state index contributed by atoms with van der Waals surface area (Å²) in [6.07, 6.45) is 2.81. The van der Waals surface area contributed by atoms with Crippen molar-refractivity contribution in [2.75, 3.05) is 31.9 Å². The molecule has 0 bridgehead atoms. The van der Waals surface area contributed by atoms with Gasteiger partial charge in [-0.05, 0) is 18.4 Å². The SMILES string of the molecule is CCC(=O)N(CCSCc1ccccc1)CCN(CCCCCC(=O)O)C(C)=O. The van der Waals surface area contributed by atoms with E-state index in [0.717, 1.165) is 24.3 Å². The summed E-state index contributed by atoms with van der Waals surface area (Å²) < 4.78 is 0. The van der Waals surface area contributed by atoms with Gasteiger partial charge < -0.3 is 14.9 Å². The van der Waals surface area contributed by atoms with Crippen molar-refractivity contribution in [2.45, 2.75) is 51.7 Å². The Labute approximate surface area is 178 Å². The average molecular weight is 423 g/mol. The van der Waals surface area contributed by atoms with Crippen molar-refractivity contribution in [3.63, 3.8) is 0 Å². The number of hydrogen-bond donors (Lipinski definition) is 1. The van der Waals surface area contributed by atoms with E-state index in [4.69, 9.17) is 5.11 Å². The van der Waals surface area contributed by atoms with Gasteiger partial charge in [-0.2, -0.15) is 11.8 Å². The van der Waals surface area contributed by atoms with Gasteiger partial charge in [-0.15, -0.1) is 0 Å². The summed E-state index contributed by atoms with van der Waals surface area (Å²) in [4.78, 5) is 38.4. The van der Waals surface area contributed by atoms with Gasteiger partial charge in [0.05, 0.1) is 0 Å². The van der Waals surface area contributed by atoms with Crippen LogP contribution in [-0.4, -0.2) is 64.6 Å². The summed E-state index contributed by atoms with van der Waals surface area (Å²) >= 11 is 1.80. The van der Waals surface area contributed by atoms with Crippen molar-refractivity contribution < 1.29 is 19.5 Å². The van der Waals surface area contributed by atoms with Crippen LogP contribution in [0.4, 0.5) is 0 Å². The van der Waals surface area contributed by atoms with Crippen LogP contribution in [-0.2, 0) is 20.1 Å². The maximum Gasteiger partial charge on any atom is 0.303 e. The summed E-state index contributed by atoms with van der Waals surface area (Å²) in [6.45, 7) is 5.73. The molecule has 29 heavy (non-hydrogen) atoms. The van der Waals surface area contributed by atoms with E-state index in [9.17, 15) is 14.4 Å². The summed E-state index contributed by atoms with van der Waals surface area (Å²) in [6, 6.07) is 10.3. The zero-order valence-electron chi connectivity index (χ0n) is 17.6. The largest absolute Gasteiger partial charge is 0.481 e. The van der Waals surface area contributed by atoms with Gasteiger partial charge in [-0.3, -0.25) is 14.4 Å². The Morgan fingerprint density at radius 1 is 0.931 bits per heavy atom. The standard InChI is InChI=1S/C22H34N2O4S/c1-3-21(26)24(16-17-29-18-20-10-6-4-7-11-20)15-14-23(19(2)25)13-9-5-8-12-22(27)28/h4,6-7,10-11H,3,5,8-9,12-18H2,1-2H3,(H,27,28). The quantitative estimate of drug-likeness (QED) is 0.437. The minimum atomic E-state index is -0.785. The number of carbonyl (C=O) groups is 3. The van der Waals surface area contributed by atoms with Crippen LogP contribution in [0.2, 0.25) is 0 Å². The Morgan fingerprint density at radius 2 is 1.62 bits per heavy atom. The molecule has 0 aliphatic carbocycles. The third-order valence-corrected chi connectivity index (χ3v) is 5.68. The molecule has 0 unspecified atom stereocenters. The molecule has 0 saturated carbocycles. The summed E-state index contributed by atoms with van der Waals surface area (Å²) in [5, 5.41) is 8.68. The number of carbonyl (C=O) groups excluding carboxylic acids is 2. The fourth-order valence-electron chi connectivity index (χ4n) is 2.95. The van der Waals surface area contributed by atoms with Crippen molar-refractivity contribution in [2.24, 2.45) is 0 Å². The highest BCUT2D eigenvalue weighted by molar-refractivity contribution is 7.98. The monoisotopic (exact) mass is 422 g/mol. The molecular weight excluding hydrogens is 388 g/mol. The van der Waals surface area contributed by atoms with Crippen LogP contribution in [0.1, 0.15) is 51.5 Å². The fraction of sp³-hybridized carbons (Fsp3) is 0.591. The van der Waals surface area contributed by atoms with Crippen LogP contribution in [0.3, 0.4) is 0 Å². The van der Waals surface area contributed by atoms with Crippen LogP contribution in [0, 0.1) is 0 Å². The van der Waals surface area contributed by atoms with Crippen molar-refractivity contribution in [3.8, 4) is 0 Å². The van der Waals surface area contributed by atoms with E-state index in [1.54, 1.807) is 23.6 Å². The topological polar surface area (TPSA) is 77.9 Å². The average Bonchev–Trinajstić information content (AvgIpc) is 2.71. The summed E-state index contributed by atoms with van der Waals surface area (Å²) in [5.74, 6) is 1.09. The van der Waals surface area contributed by atoms with Crippen LogP contribution in [0.5, 0.6) is 0 Å². The summed E-state index contributed by atoms with van der Waals surface area (Å²) in [7, 11) is 0. The number of carboxylic acids is 1. The van der Waals surface area contributed by atoms with Gasteiger partial charge in [0.15, 0.2) is 0 Å². The van der Waals surface area contributed by atoms with Gasteiger partial charge in [-0.25, -0.2) is 0 Å². The Balaban J connectivity index is 2.39. The van der Waals surface area contributed by atoms with Crippen LogP contribution >= 0.6 is 11.8 Å². The van der Waals surface area contributed by atoms with Gasteiger partial charge in [0, 0.05) is 57.5 Å². The number of nitrogens with zero attached hydrogens (tertiary/aromatic N) is 2. The lowest BCUT2D eigenvalue weighted by atomic mass is 10.2. The van der Waals surface area contributed by atoms with Crippen molar-refractivity contribution in [1.82, 2.24) is 9.80 Å². The van der Waals surface area contributed by atoms with Gasteiger partial charge in [0.1, 0.15) is 0 Å². The first kappa shape index (κ1) is 25.0. The van der Waals surface area contributed by atoms with Crippen LogP contribution < -0.4 is 0 Å². The van der Waals surface area contributed by atoms with Gasteiger partial charge in [0.2, 0.25) is 11.8 Å². The maximum absolute atomic E-state index is 12.3. The molecule has 7 heteroatoms. The van der Waals surface area contributed by atoms with Crippen molar-refractivity contribution >= 4 is 29.5 Å². The Hall–Kier alpha value is -2.02. The molecule has 162 valence electrons. The molecule has 0 aliphatic rings. The Kier molecular flexibility index (Phi) is 12.9. The number of thioether (sulfide) groups is 1. The molecule has 0 atom stereocenters. The minimum absolute atomic E-state index is 0.00872. The molecule has 1 aromatic rings. The normalized spacial score (nSPS) is 10.6. The van der Waals surface area contributed by atoms with E-state index in [2.05, 4.69) is 12.1 Å². The molecule has 1 aromatic carbocycles. The molecule has 1 N–H and O–H groups in total. The van der Waals surface area contributed by atoms with Gasteiger partial charge in [0.25, 0.3) is 0 Å². The number of rotatable bonds is 15. The molecule has 0 spiro atoms. The first-order valence-corrected chi connectivity index (χ1v) is 11.5. The number of benzene rings is 1. The third kappa shape index (κ3) is 11.5. The predicted molar refractivity (Wildman–Crippen MR) is 118 cm³/mol. The van der Waals surface area contributed by atoms with E-state index < -0.39 is 5.97 Å². The molecule has 1 rings (SSSR count). The van der Waals surface area contributed by atoms with E-state index >= 15 is 0 Å². The molecule has 6 nitrogen and oxygen atoms in total. The number of aliphatic carboxylic acids is 1.